The average Bonchev–Trinajstić information content (AvgIpc) is 2.13. The SMILES string of the molecule is CC(C)(C)c1ccc(CNS(C)(=O)=O)cn1. The molecule has 1 heterocycles. The average molecular weight is 242 g/mol. The quantitative estimate of drug-likeness (QED) is 0.872. The van der Waals surface area contributed by atoms with Gasteiger partial charge in [-0.3, -0.25) is 4.98 Å². The number of aromatic nitrogens is 1. The highest BCUT2D eigenvalue weighted by atomic mass is 32.2. The molecule has 0 aliphatic rings. The van der Waals surface area contributed by atoms with Crippen LogP contribution in [0.25, 0.3) is 0 Å². The van der Waals surface area contributed by atoms with Crippen LogP contribution >= 0.6 is 0 Å². The fourth-order valence-corrected chi connectivity index (χ4v) is 1.62. The molecule has 4 nitrogen and oxygen atoms in total. The maximum Gasteiger partial charge on any atom is 0.209 e. The Labute approximate surface area is 97.2 Å². The normalized spacial score (nSPS) is 12.8. The first-order valence-electron chi connectivity index (χ1n) is 5.08. The van der Waals surface area contributed by atoms with E-state index in [1.165, 1.54) is 0 Å². The van der Waals surface area contributed by atoms with E-state index in [-0.39, 0.29) is 12.0 Å². The van der Waals surface area contributed by atoms with Gasteiger partial charge in [-0.1, -0.05) is 26.8 Å². The fraction of sp³-hybridized carbons (Fsp3) is 0.545. The molecule has 1 rings (SSSR count). The molecule has 1 aromatic heterocycles. The smallest absolute Gasteiger partial charge is 0.209 e. The van der Waals surface area contributed by atoms with Crippen LogP contribution in [0.1, 0.15) is 32.0 Å². The van der Waals surface area contributed by atoms with E-state index in [0.29, 0.717) is 0 Å². The molecule has 5 heteroatoms. The molecular weight excluding hydrogens is 224 g/mol. The molecule has 0 radical (unpaired) electrons. The van der Waals surface area contributed by atoms with Crippen molar-refractivity contribution < 1.29 is 8.42 Å². The summed E-state index contributed by atoms with van der Waals surface area (Å²) in [5, 5.41) is 0. The van der Waals surface area contributed by atoms with Crippen molar-refractivity contribution in [2.45, 2.75) is 32.7 Å². The molecule has 0 aliphatic carbocycles. The third kappa shape index (κ3) is 4.28. The molecule has 16 heavy (non-hydrogen) atoms. The summed E-state index contributed by atoms with van der Waals surface area (Å²) >= 11 is 0. The first-order chi connectivity index (χ1) is 7.18. The number of pyridine rings is 1. The van der Waals surface area contributed by atoms with Crippen molar-refractivity contribution in [2.24, 2.45) is 0 Å². The standard InChI is InChI=1S/C11H18N2O2S/c1-11(2,3)10-6-5-9(7-12-10)8-13-16(4,14)15/h5-7,13H,8H2,1-4H3. The molecule has 1 N–H and O–H groups in total. The maximum atomic E-state index is 10.9. The van der Waals surface area contributed by atoms with Gasteiger partial charge in [0.25, 0.3) is 0 Å². The van der Waals surface area contributed by atoms with Crippen LogP contribution in [0.2, 0.25) is 0 Å². The van der Waals surface area contributed by atoms with Crippen LogP contribution in [0.15, 0.2) is 18.3 Å². The van der Waals surface area contributed by atoms with E-state index >= 15 is 0 Å². The van der Waals surface area contributed by atoms with E-state index in [9.17, 15) is 8.42 Å². The van der Waals surface area contributed by atoms with E-state index in [1.807, 2.05) is 12.1 Å². The lowest BCUT2D eigenvalue weighted by Gasteiger charge is -2.17. The molecule has 1 aromatic rings. The number of sulfonamides is 1. The second kappa shape index (κ2) is 4.51. The summed E-state index contributed by atoms with van der Waals surface area (Å²) in [6.07, 6.45) is 2.85. The Morgan fingerprint density at radius 1 is 1.31 bits per heavy atom. The fourth-order valence-electron chi connectivity index (χ4n) is 1.19. The van der Waals surface area contributed by atoms with E-state index in [1.54, 1.807) is 6.20 Å². The van der Waals surface area contributed by atoms with Crippen molar-refractivity contribution >= 4 is 10.0 Å². The van der Waals surface area contributed by atoms with Gasteiger partial charge in [-0.2, -0.15) is 0 Å². The second-order valence-corrected chi connectivity index (χ2v) is 6.73. The molecule has 0 bridgehead atoms. The monoisotopic (exact) mass is 242 g/mol. The zero-order valence-corrected chi connectivity index (χ0v) is 10.9. The van der Waals surface area contributed by atoms with Crippen LogP contribution in [-0.4, -0.2) is 19.7 Å². The lowest BCUT2D eigenvalue weighted by atomic mass is 9.91. The zero-order chi connectivity index (χ0) is 12.4. The first kappa shape index (κ1) is 13.1. The molecule has 0 amide bonds. The number of rotatable bonds is 3. The van der Waals surface area contributed by atoms with Crippen LogP contribution in [-0.2, 0) is 22.0 Å². The molecule has 0 fully saturated rings. The summed E-state index contributed by atoms with van der Waals surface area (Å²) in [6.45, 7) is 6.55. The lowest BCUT2D eigenvalue weighted by Crippen LogP contribution is -2.21. The third-order valence-electron chi connectivity index (χ3n) is 2.13. The van der Waals surface area contributed by atoms with Gasteiger partial charge < -0.3 is 0 Å². The Bertz CT molecular complexity index is 444. The van der Waals surface area contributed by atoms with Crippen LogP contribution in [0.5, 0.6) is 0 Å². The highest BCUT2D eigenvalue weighted by Crippen LogP contribution is 2.19. The highest BCUT2D eigenvalue weighted by molar-refractivity contribution is 7.88. The summed E-state index contributed by atoms with van der Waals surface area (Å²) in [7, 11) is -3.14. The Morgan fingerprint density at radius 3 is 2.31 bits per heavy atom. The Morgan fingerprint density at radius 2 is 1.94 bits per heavy atom. The molecule has 0 spiro atoms. The van der Waals surface area contributed by atoms with Crippen molar-refractivity contribution in [1.82, 2.24) is 9.71 Å². The number of nitrogens with one attached hydrogen (secondary N) is 1. The van der Waals surface area contributed by atoms with Gasteiger partial charge in [0, 0.05) is 23.9 Å². The van der Waals surface area contributed by atoms with E-state index in [4.69, 9.17) is 0 Å². The Kier molecular flexibility index (Phi) is 3.70. The van der Waals surface area contributed by atoms with Gasteiger partial charge in [-0.25, -0.2) is 13.1 Å². The lowest BCUT2D eigenvalue weighted by molar-refractivity contribution is 0.567. The zero-order valence-electron chi connectivity index (χ0n) is 10.1. The van der Waals surface area contributed by atoms with Gasteiger partial charge in [0.1, 0.15) is 0 Å². The Balaban J connectivity index is 2.73. The van der Waals surface area contributed by atoms with Gasteiger partial charge in [-0.15, -0.1) is 0 Å². The first-order valence-corrected chi connectivity index (χ1v) is 6.98. The summed E-state index contributed by atoms with van der Waals surface area (Å²) in [6, 6.07) is 3.82. The third-order valence-corrected chi connectivity index (χ3v) is 2.80. The summed E-state index contributed by atoms with van der Waals surface area (Å²) < 4.78 is 24.2. The molecule has 90 valence electrons. The van der Waals surface area contributed by atoms with Crippen LogP contribution < -0.4 is 4.72 Å². The van der Waals surface area contributed by atoms with Crippen molar-refractivity contribution in [2.75, 3.05) is 6.26 Å². The summed E-state index contributed by atoms with van der Waals surface area (Å²) in [5.41, 5.74) is 1.87. The molecule has 0 unspecified atom stereocenters. The summed E-state index contributed by atoms with van der Waals surface area (Å²) in [5.74, 6) is 0. The topological polar surface area (TPSA) is 59.1 Å². The largest absolute Gasteiger partial charge is 0.260 e. The highest BCUT2D eigenvalue weighted by Gasteiger charge is 2.14. The summed E-state index contributed by atoms with van der Waals surface area (Å²) in [4.78, 5) is 4.32. The van der Waals surface area contributed by atoms with Gasteiger partial charge in [0.15, 0.2) is 0 Å². The number of hydrogen-bond acceptors (Lipinski definition) is 3. The minimum absolute atomic E-state index is 0.0167. The molecule has 0 aliphatic heterocycles. The van der Waals surface area contributed by atoms with Crippen LogP contribution in [0, 0.1) is 0 Å². The Hall–Kier alpha value is -0.940. The molecule has 0 atom stereocenters. The maximum absolute atomic E-state index is 10.9. The van der Waals surface area contributed by atoms with Crippen molar-refractivity contribution in [3.8, 4) is 0 Å². The van der Waals surface area contributed by atoms with Crippen LogP contribution in [0.4, 0.5) is 0 Å². The molecule has 0 aromatic carbocycles. The predicted octanol–water partition coefficient (Wildman–Crippen LogP) is 1.43. The van der Waals surface area contributed by atoms with Crippen LogP contribution in [0.3, 0.4) is 0 Å². The number of hydrogen-bond donors (Lipinski definition) is 1. The minimum atomic E-state index is -3.14. The van der Waals surface area contributed by atoms with Gasteiger partial charge in [0.05, 0.1) is 6.26 Å². The van der Waals surface area contributed by atoms with Gasteiger partial charge in [0.2, 0.25) is 10.0 Å². The minimum Gasteiger partial charge on any atom is -0.260 e. The predicted molar refractivity (Wildman–Crippen MR) is 64.6 cm³/mol. The van der Waals surface area contributed by atoms with Crippen molar-refractivity contribution in [3.05, 3.63) is 29.6 Å². The van der Waals surface area contributed by atoms with Crippen molar-refractivity contribution in [3.63, 3.8) is 0 Å². The molecule has 0 saturated carbocycles. The molecule has 0 saturated heterocycles. The molecular formula is C11H18N2O2S. The van der Waals surface area contributed by atoms with Gasteiger partial charge in [-0.05, 0) is 11.6 Å². The van der Waals surface area contributed by atoms with Crippen molar-refractivity contribution in [1.29, 1.82) is 0 Å². The van der Waals surface area contributed by atoms with E-state index in [2.05, 4.69) is 30.5 Å². The number of nitrogens with zero attached hydrogens (tertiary/aromatic N) is 1. The van der Waals surface area contributed by atoms with E-state index in [0.717, 1.165) is 17.5 Å². The second-order valence-electron chi connectivity index (χ2n) is 4.89. The van der Waals surface area contributed by atoms with Gasteiger partial charge >= 0.3 is 0 Å². The van der Waals surface area contributed by atoms with E-state index < -0.39 is 10.0 Å².